The molecule has 0 saturated carbocycles. The summed E-state index contributed by atoms with van der Waals surface area (Å²) in [5, 5.41) is 5.49. The van der Waals surface area contributed by atoms with Gasteiger partial charge in [-0.15, -0.1) is 0 Å². The highest BCUT2D eigenvalue weighted by Crippen LogP contribution is 2.30. The number of nitrogens with two attached hydrogens (primary N) is 1. The molecule has 0 saturated heterocycles. The first-order chi connectivity index (χ1) is 9.65. The Morgan fingerprint density at radius 3 is 2.65 bits per heavy atom. The maximum Gasteiger partial charge on any atom is 0.174 e. The second-order valence-corrected chi connectivity index (χ2v) is 4.90. The maximum absolute atomic E-state index is 6.17. The summed E-state index contributed by atoms with van der Waals surface area (Å²) in [6.07, 6.45) is 4.74. The van der Waals surface area contributed by atoms with Gasteiger partial charge in [-0.1, -0.05) is 23.2 Å². The maximum atomic E-state index is 6.17. The highest BCUT2D eigenvalue weighted by molar-refractivity contribution is 6.36. The first-order valence-electron chi connectivity index (χ1n) is 5.72. The number of halogens is 2. The fourth-order valence-corrected chi connectivity index (χ4v) is 2.31. The van der Waals surface area contributed by atoms with Gasteiger partial charge in [-0.3, -0.25) is 4.98 Å². The normalized spacial score (nSPS) is 10.7. The van der Waals surface area contributed by atoms with Crippen molar-refractivity contribution in [2.75, 3.05) is 5.73 Å². The second kappa shape index (κ2) is 5.11. The zero-order chi connectivity index (χ0) is 14.1. The van der Waals surface area contributed by atoms with Crippen LogP contribution in [0.3, 0.4) is 0 Å². The summed E-state index contributed by atoms with van der Waals surface area (Å²) in [5.41, 5.74) is 7.36. The molecule has 3 aromatic rings. The van der Waals surface area contributed by atoms with Crippen LogP contribution in [-0.2, 0) is 0 Å². The van der Waals surface area contributed by atoms with Crippen LogP contribution in [0.5, 0.6) is 0 Å². The average Bonchev–Trinajstić information content (AvgIpc) is 2.81. The fraction of sp³-hybridized carbons (Fsp3) is 0. The molecular weight excluding hydrogens is 297 g/mol. The van der Waals surface area contributed by atoms with E-state index in [4.69, 9.17) is 28.9 Å². The number of aromatic nitrogens is 4. The van der Waals surface area contributed by atoms with Crippen LogP contribution in [-0.4, -0.2) is 19.7 Å². The number of hydrogen-bond acceptors (Lipinski definition) is 4. The number of rotatable bonds is 2. The van der Waals surface area contributed by atoms with Crippen LogP contribution < -0.4 is 5.73 Å². The molecule has 0 radical (unpaired) electrons. The molecule has 7 heteroatoms. The van der Waals surface area contributed by atoms with Crippen molar-refractivity contribution in [1.29, 1.82) is 0 Å². The van der Waals surface area contributed by atoms with E-state index in [0.29, 0.717) is 27.4 Å². The van der Waals surface area contributed by atoms with Crippen LogP contribution in [0.4, 0.5) is 5.82 Å². The van der Waals surface area contributed by atoms with Crippen molar-refractivity contribution in [3.8, 4) is 17.1 Å². The minimum atomic E-state index is 0.450. The molecule has 2 aromatic heterocycles. The van der Waals surface area contributed by atoms with E-state index < -0.39 is 0 Å². The van der Waals surface area contributed by atoms with Crippen LogP contribution in [0.2, 0.25) is 10.0 Å². The highest BCUT2D eigenvalue weighted by atomic mass is 35.5. The molecule has 0 fully saturated rings. The zero-order valence-corrected chi connectivity index (χ0v) is 11.7. The van der Waals surface area contributed by atoms with Gasteiger partial charge in [0.15, 0.2) is 5.82 Å². The van der Waals surface area contributed by atoms with Crippen molar-refractivity contribution < 1.29 is 0 Å². The van der Waals surface area contributed by atoms with E-state index in [-0.39, 0.29) is 0 Å². The van der Waals surface area contributed by atoms with Gasteiger partial charge in [0.05, 0.1) is 16.9 Å². The molecule has 0 spiro atoms. The fourth-order valence-electron chi connectivity index (χ4n) is 1.81. The van der Waals surface area contributed by atoms with E-state index in [1.165, 1.54) is 4.68 Å². The summed E-state index contributed by atoms with van der Waals surface area (Å²) in [7, 11) is 0. The van der Waals surface area contributed by atoms with Gasteiger partial charge in [-0.25, -0.2) is 4.98 Å². The number of nitrogen functional groups attached to an aromatic ring is 1. The molecule has 0 atom stereocenters. The Kier molecular flexibility index (Phi) is 3.30. The molecule has 100 valence electrons. The minimum absolute atomic E-state index is 0.450. The average molecular weight is 306 g/mol. The lowest BCUT2D eigenvalue weighted by Crippen LogP contribution is -2.03. The lowest BCUT2D eigenvalue weighted by Gasteiger charge is -2.02. The molecule has 0 unspecified atom stereocenters. The van der Waals surface area contributed by atoms with Gasteiger partial charge < -0.3 is 5.73 Å². The Bertz CT molecular complexity index is 755. The number of benzene rings is 1. The molecule has 2 heterocycles. The third-order valence-electron chi connectivity index (χ3n) is 2.71. The van der Waals surface area contributed by atoms with E-state index >= 15 is 0 Å². The molecular formula is C13H9Cl2N5. The standard InChI is InChI=1S/C13H9Cl2N5/c14-8-1-2-9(10(15)5-8)11-6-12(16)20(19-11)13-7-17-3-4-18-13/h1-7H,16H2. The first kappa shape index (κ1) is 12.9. The molecule has 0 aliphatic carbocycles. The number of nitrogens with zero attached hydrogens (tertiary/aromatic N) is 4. The van der Waals surface area contributed by atoms with E-state index in [9.17, 15) is 0 Å². The lowest BCUT2D eigenvalue weighted by atomic mass is 10.1. The lowest BCUT2D eigenvalue weighted by molar-refractivity contribution is 0.851. The number of anilines is 1. The van der Waals surface area contributed by atoms with Crippen LogP contribution in [0, 0.1) is 0 Å². The second-order valence-electron chi connectivity index (χ2n) is 4.05. The predicted octanol–water partition coefficient (Wildman–Crippen LogP) is 3.22. The van der Waals surface area contributed by atoms with Gasteiger partial charge in [-0.2, -0.15) is 9.78 Å². The summed E-state index contributed by atoms with van der Waals surface area (Å²) >= 11 is 12.1. The Morgan fingerprint density at radius 1 is 1.10 bits per heavy atom. The van der Waals surface area contributed by atoms with Crippen molar-refractivity contribution in [2.45, 2.75) is 0 Å². The van der Waals surface area contributed by atoms with E-state index in [2.05, 4.69) is 15.1 Å². The van der Waals surface area contributed by atoms with Crippen LogP contribution in [0.1, 0.15) is 0 Å². The van der Waals surface area contributed by atoms with E-state index in [0.717, 1.165) is 5.56 Å². The predicted molar refractivity (Wildman–Crippen MR) is 79.0 cm³/mol. The topological polar surface area (TPSA) is 69.6 Å². The molecule has 0 amide bonds. The van der Waals surface area contributed by atoms with Gasteiger partial charge in [-0.05, 0) is 18.2 Å². The summed E-state index contributed by atoms with van der Waals surface area (Å²) in [5.74, 6) is 0.993. The molecule has 5 nitrogen and oxygen atoms in total. The number of hydrogen-bond donors (Lipinski definition) is 1. The smallest absolute Gasteiger partial charge is 0.174 e. The Hall–Kier alpha value is -2.11. The molecule has 20 heavy (non-hydrogen) atoms. The Morgan fingerprint density at radius 2 is 1.95 bits per heavy atom. The van der Waals surface area contributed by atoms with Crippen molar-refractivity contribution in [3.63, 3.8) is 0 Å². The van der Waals surface area contributed by atoms with Gasteiger partial charge in [0.25, 0.3) is 0 Å². The largest absolute Gasteiger partial charge is 0.384 e. The van der Waals surface area contributed by atoms with Crippen molar-refractivity contribution >= 4 is 29.0 Å². The van der Waals surface area contributed by atoms with Crippen molar-refractivity contribution in [3.05, 3.63) is 52.9 Å². The molecule has 2 N–H and O–H groups in total. The molecule has 1 aromatic carbocycles. The molecule has 3 rings (SSSR count). The van der Waals surface area contributed by atoms with E-state index in [1.807, 2.05) is 0 Å². The molecule has 0 aliphatic rings. The van der Waals surface area contributed by atoms with Crippen molar-refractivity contribution in [2.24, 2.45) is 0 Å². The molecule has 0 bridgehead atoms. The SMILES string of the molecule is Nc1cc(-c2ccc(Cl)cc2Cl)nn1-c1cnccn1. The van der Waals surface area contributed by atoms with Gasteiger partial charge in [0, 0.05) is 29.0 Å². The van der Waals surface area contributed by atoms with Gasteiger partial charge >= 0.3 is 0 Å². The van der Waals surface area contributed by atoms with Gasteiger partial charge in [0.1, 0.15) is 5.82 Å². The van der Waals surface area contributed by atoms with Crippen LogP contribution in [0.15, 0.2) is 42.9 Å². The highest BCUT2D eigenvalue weighted by Gasteiger charge is 2.12. The van der Waals surface area contributed by atoms with Crippen molar-refractivity contribution in [1.82, 2.24) is 19.7 Å². The summed E-state index contributed by atoms with van der Waals surface area (Å²) in [4.78, 5) is 8.15. The van der Waals surface area contributed by atoms with Crippen LogP contribution >= 0.6 is 23.2 Å². The quantitative estimate of drug-likeness (QED) is 0.789. The zero-order valence-electron chi connectivity index (χ0n) is 10.2. The van der Waals surface area contributed by atoms with Crippen LogP contribution in [0.25, 0.3) is 17.1 Å². The third kappa shape index (κ3) is 2.33. The first-order valence-corrected chi connectivity index (χ1v) is 6.48. The summed E-state index contributed by atoms with van der Waals surface area (Å²) < 4.78 is 1.51. The summed E-state index contributed by atoms with van der Waals surface area (Å²) in [6, 6.07) is 6.94. The molecule has 0 aliphatic heterocycles. The van der Waals surface area contributed by atoms with E-state index in [1.54, 1.807) is 42.9 Å². The minimum Gasteiger partial charge on any atom is -0.384 e. The Balaban J connectivity index is 2.09. The monoisotopic (exact) mass is 305 g/mol. The van der Waals surface area contributed by atoms with Gasteiger partial charge in [0.2, 0.25) is 0 Å². The summed E-state index contributed by atoms with van der Waals surface area (Å²) in [6.45, 7) is 0. The third-order valence-corrected chi connectivity index (χ3v) is 3.26. The Labute approximate surface area is 125 Å².